The van der Waals surface area contributed by atoms with Crippen molar-refractivity contribution in [2.45, 2.75) is 40.5 Å². The first-order chi connectivity index (χ1) is 6.39. The Kier molecular flexibility index (Phi) is 5.44. The quantitative estimate of drug-likeness (QED) is 0.567. The second-order valence-corrected chi connectivity index (χ2v) is 4.66. The summed E-state index contributed by atoms with van der Waals surface area (Å²) in [5.41, 5.74) is 1.25. The molecule has 0 spiro atoms. The van der Waals surface area contributed by atoms with E-state index in [4.69, 9.17) is 0 Å². The van der Waals surface area contributed by atoms with Gasteiger partial charge in [0.05, 0.1) is 0 Å². The van der Waals surface area contributed by atoms with Crippen LogP contribution in [0.2, 0.25) is 0 Å². The van der Waals surface area contributed by atoms with Crippen LogP contribution >= 0.6 is 0 Å². The predicted octanol–water partition coefficient (Wildman–Crippen LogP) is 4.80. The maximum atomic E-state index is 13.0. The maximum Gasteiger partial charge on any atom is 0.122 e. The lowest BCUT2D eigenvalue weighted by Gasteiger charge is -2.18. The lowest BCUT2D eigenvalue weighted by molar-refractivity contribution is 0.412. The first kappa shape index (κ1) is 13.2. The number of allylic oxidation sites excluding steroid dienone is 5. The van der Waals surface area contributed by atoms with Crippen molar-refractivity contribution in [2.75, 3.05) is 0 Å². The molecule has 0 aliphatic carbocycles. The number of hydrogen-bond donors (Lipinski definition) is 0. The molecule has 0 rings (SSSR count). The molecule has 0 heterocycles. The lowest BCUT2D eigenvalue weighted by Crippen LogP contribution is -2.05. The van der Waals surface area contributed by atoms with Gasteiger partial charge in [0, 0.05) is 0 Å². The third-order valence-electron chi connectivity index (χ3n) is 1.72. The van der Waals surface area contributed by atoms with Crippen LogP contribution < -0.4 is 0 Å². The van der Waals surface area contributed by atoms with Crippen LogP contribution in [0.25, 0.3) is 0 Å². The zero-order valence-electron chi connectivity index (χ0n) is 9.73. The lowest BCUT2D eigenvalue weighted by atomic mass is 9.87. The van der Waals surface area contributed by atoms with Gasteiger partial charge in [0.2, 0.25) is 0 Å². The molecule has 0 fully saturated rings. The third kappa shape index (κ3) is 6.64. The van der Waals surface area contributed by atoms with Crippen molar-refractivity contribution in [1.29, 1.82) is 0 Å². The molecule has 0 aliphatic heterocycles. The topological polar surface area (TPSA) is 0 Å². The summed E-state index contributed by atoms with van der Waals surface area (Å²) in [7, 11) is 0. The molecule has 80 valence electrons. The predicted molar refractivity (Wildman–Crippen MR) is 61.8 cm³/mol. The van der Waals surface area contributed by atoms with Crippen molar-refractivity contribution in [1.82, 2.24) is 0 Å². The van der Waals surface area contributed by atoms with Crippen LogP contribution in [0.1, 0.15) is 40.5 Å². The van der Waals surface area contributed by atoms with E-state index in [1.54, 1.807) is 6.08 Å². The van der Waals surface area contributed by atoms with Gasteiger partial charge in [-0.2, -0.15) is 0 Å². The van der Waals surface area contributed by atoms with Crippen molar-refractivity contribution >= 4 is 0 Å². The van der Waals surface area contributed by atoms with Gasteiger partial charge >= 0.3 is 0 Å². The van der Waals surface area contributed by atoms with Gasteiger partial charge in [-0.3, -0.25) is 0 Å². The Hall–Kier alpha value is -0.850. The van der Waals surface area contributed by atoms with E-state index in [9.17, 15) is 4.39 Å². The van der Waals surface area contributed by atoms with Gasteiger partial charge in [-0.05, 0) is 36.0 Å². The van der Waals surface area contributed by atoms with Crippen LogP contribution in [0.15, 0.2) is 36.2 Å². The minimum Gasteiger partial charge on any atom is -0.207 e. The number of hydrogen-bond acceptors (Lipinski definition) is 0. The summed E-state index contributed by atoms with van der Waals surface area (Å²) in [6, 6.07) is 0. The first-order valence-corrected chi connectivity index (χ1v) is 5.07. The minimum atomic E-state index is -0.256. The largest absolute Gasteiger partial charge is 0.207 e. The van der Waals surface area contributed by atoms with E-state index in [0.29, 0.717) is 0 Å². The molecular formula is C13H21F. The number of rotatable bonds is 4. The highest BCUT2D eigenvalue weighted by Gasteiger charge is 2.11. The highest BCUT2D eigenvalue weighted by Crippen LogP contribution is 2.25. The van der Waals surface area contributed by atoms with Crippen molar-refractivity contribution in [2.24, 2.45) is 5.41 Å². The molecule has 0 saturated carbocycles. The summed E-state index contributed by atoms with van der Waals surface area (Å²) >= 11 is 0. The zero-order chi connectivity index (χ0) is 11.2. The molecule has 0 bridgehead atoms. The molecule has 0 radical (unpaired) electrons. The Morgan fingerprint density at radius 2 is 1.93 bits per heavy atom. The van der Waals surface area contributed by atoms with Gasteiger partial charge in [0.15, 0.2) is 0 Å². The van der Waals surface area contributed by atoms with E-state index in [-0.39, 0.29) is 11.2 Å². The van der Waals surface area contributed by atoms with Crippen LogP contribution in [0, 0.1) is 5.41 Å². The van der Waals surface area contributed by atoms with Gasteiger partial charge in [0.1, 0.15) is 5.83 Å². The van der Waals surface area contributed by atoms with E-state index >= 15 is 0 Å². The molecule has 1 heteroatoms. The molecule has 0 atom stereocenters. The normalized spacial score (nSPS) is 14.4. The van der Waals surface area contributed by atoms with Crippen molar-refractivity contribution in [3.63, 3.8) is 0 Å². The summed E-state index contributed by atoms with van der Waals surface area (Å²) in [6.45, 7) is 11.9. The standard InChI is InChI=1S/C13H21F/c1-6-8-11(9-12(14)7-2)10-13(3,4)5/h7-9H,2,6,10H2,1,3-5H3/b11-8+,12-9+. The smallest absolute Gasteiger partial charge is 0.122 e. The van der Waals surface area contributed by atoms with Crippen LogP contribution in [0.5, 0.6) is 0 Å². The van der Waals surface area contributed by atoms with Crippen molar-refractivity contribution in [3.8, 4) is 0 Å². The van der Waals surface area contributed by atoms with Gasteiger partial charge in [0.25, 0.3) is 0 Å². The highest BCUT2D eigenvalue weighted by atomic mass is 19.1. The minimum absolute atomic E-state index is 0.193. The van der Waals surface area contributed by atoms with E-state index < -0.39 is 0 Å². The molecule has 0 aromatic carbocycles. The Balaban J connectivity index is 4.63. The SMILES string of the molecule is C=C/C(F)=C\C(=C/CC)CC(C)(C)C. The molecule has 0 nitrogen and oxygen atoms in total. The Labute approximate surface area is 87.2 Å². The molecule has 0 saturated heterocycles. The van der Waals surface area contributed by atoms with Gasteiger partial charge in [-0.15, -0.1) is 0 Å². The second-order valence-electron chi connectivity index (χ2n) is 4.66. The highest BCUT2D eigenvalue weighted by molar-refractivity contribution is 5.26. The fourth-order valence-electron chi connectivity index (χ4n) is 1.29. The van der Waals surface area contributed by atoms with E-state index in [0.717, 1.165) is 18.4 Å². The third-order valence-corrected chi connectivity index (χ3v) is 1.72. The van der Waals surface area contributed by atoms with Crippen LogP contribution in [-0.4, -0.2) is 0 Å². The molecule has 0 amide bonds. The Morgan fingerprint density at radius 1 is 1.36 bits per heavy atom. The summed E-state index contributed by atoms with van der Waals surface area (Å²) in [5.74, 6) is -0.256. The molecule has 0 unspecified atom stereocenters. The molecule has 14 heavy (non-hydrogen) atoms. The van der Waals surface area contributed by atoms with Gasteiger partial charge < -0.3 is 0 Å². The van der Waals surface area contributed by atoms with Gasteiger partial charge in [-0.1, -0.05) is 40.3 Å². The summed E-state index contributed by atoms with van der Waals surface area (Å²) in [4.78, 5) is 0. The number of halogens is 1. The van der Waals surface area contributed by atoms with Crippen molar-refractivity contribution in [3.05, 3.63) is 36.2 Å². The average molecular weight is 196 g/mol. The Bertz CT molecular complexity index is 238. The zero-order valence-corrected chi connectivity index (χ0v) is 9.73. The molecule has 0 aromatic heterocycles. The Morgan fingerprint density at radius 3 is 2.29 bits per heavy atom. The summed E-state index contributed by atoms with van der Waals surface area (Å²) in [6.07, 6.45) is 6.71. The molecule has 0 N–H and O–H groups in total. The van der Waals surface area contributed by atoms with E-state index in [1.807, 2.05) is 0 Å². The van der Waals surface area contributed by atoms with Crippen LogP contribution in [0.3, 0.4) is 0 Å². The van der Waals surface area contributed by atoms with E-state index in [2.05, 4.69) is 40.3 Å². The van der Waals surface area contributed by atoms with Crippen molar-refractivity contribution < 1.29 is 4.39 Å². The fourth-order valence-corrected chi connectivity index (χ4v) is 1.29. The molecular weight excluding hydrogens is 175 g/mol. The fraction of sp³-hybridized carbons (Fsp3) is 0.538. The average Bonchev–Trinajstić information content (AvgIpc) is 2.01. The monoisotopic (exact) mass is 196 g/mol. The summed E-state index contributed by atoms with van der Waals surface area (Å²) in [5, 5.41) is 0. The maximum absolute atomic E-state index is 13.0. The molecule has 0 aromatic rings. The van der Waals surface area contributed by atoms with E-state index in [1.165, 1.54) is 6.08 Å². The van der Waals surface area contributed by atoms with Crippen LogP contribution in [0.4, 0.5) is 4.39 Å². The summed E-state index contributed by atoms with van der Waals surface area (Å²) < 4.78 is 13.0. The second kappa shape index (κ2) is 5.79. The van der Waals surface area contributed by atoms with Gasteiger partial charge in [-0.25, -0.2) is 4.39 Å². The first-order valence-electron chi connectivity index (χ1n) is 5.07. The van der Waals surface area contributed by atoms with Crippen LogP contribution in [-0.2, 0) is 0 Å². The molecule has 0 aliphatic rings.